The van der Waals surface area contributed by atoms with Gasteiger partial charge in [0.15, 0.2) is 0 Å². The van der Waals surface area contributed by atoms with Gasteiger partial charge in [-0.05, 0) is 0 Å². The van der Waals surface area contributed by atoms with Gasteiger partial charge in [0.1, 0.15) is 0 Å². The average molecular weight is 224 g/mol. The van der Waals surface area contributed by atoms with E-state index >= 15 is 0 Å². The van der Waals surface area contributed by atoms with Gasteiger partial charge >= 0.3 is 19.5 Å². The monoisotopic (exact) mass is 222 g/mol. The van der Waals surface area contributed by atoms with Gasteiger partial charge in [-0.1, -0.05) is 13.8 Å². The van der Waals surface area contributed by atoms with E-state index in [0.717, 1.165) is 12.8 Å². The van der Waals surface area contributed by atoms with Crippen LogP contribution < -0.4 is 0 Å². The third-order valence-corrected chi connectivity index (χ3v) is 1.73. The van der Waals surface area contributed by atoms with Crippen molar-refractivity contribution in [1.82, 2.24) is 0 Å². The number of hydrogen-bond donors (Lipinski definition) is 0. The molecule has 0 bridgehead atoms. The van der Waals surface area contributed by atoms with Crippen molar-refractivity contribution in [2.75, 3.05) is 0 Å². The summed E-state index contributed by atoms with van der Waals surface area (Å²) < 4.78 is 0. The number of allylic oxidation sites excluding steroid dienone is 8. The third kappa shape index (κ3) is 5.77. The summed E-state index contributed by atoms with van der Waals surface area (Å²) in [6, 6.07) is 0. The molecular weight excluding hydrogens is 210 g/mol. The minimum atomic E-state index is 0. The zero-order chi connectivity index (χ0) is 8.81. The number of rotatable bonds is 0. The average Bonchev–Trinajstić information content (AvgIpc) is 2.63. The van der Waals surface area contributed by atoms with Crippen LogP contribution in [0.1, 0.15) is 26.7 Å². The van der Waals surface area contributed by atoms with Gasteiger partial charge in [0.2, 0.25) is 0 Å². The van der Waals surface area contributed by atoms with E-state index in [1.807, 2.05) is 0 Å². The summed E-state index contributed by atoms with van der Waals surface area (Å²) in [5.74, 6) is 0. The first kappa shape index (κ1) is 12.6. The predicted octanol–water partition coefficient (Wildman–Crippen LogP) is 3.39. The second-order valence-corrected chi connectivity index (χ2v) is 2.93. The first-order valence-electron chi connectivity index (χ1n) is 4.27. The van der Waals surface area contributed by atoms with Crippen LogP contribution in [0, 0.1) is 12.2 Å². The van der Waals surface area contributed by atoms with Gasteiger partial charge in [0.25, 0.3) is 0 Å². The van der Waals surface area contributed by atoms with Crippen molar-refractivity contribution in [2.45, 2.75) is 26.7 Å². The second-order valence-electron chi connectivity index (χ2n) is 2.93. The maximum absolute atomic E-state index is 3.12. The molecule has 0 aromatic heterocycles. The molecule has 64 valence electrons. The maximum atomic E-state index is 3.12. The molecule has 0 saturated heterocycles. The molecule has 0 atom stereocenters. The van der Waals surface area contributed by atoms with Gasteiger partial charge in [-0.3, -0.25) is 12.2 Å². The van der Waals surface area contributed by atoms with Crippen LogP contribution in [0.25, 0.3) is 0 Å². The van der Waals surface area contributed by atoms with E-state index in [1.165, 1.54) is 11.1 Å². The van der Waals surface area contributed by atoms with E-state index in [-0.39, 0.29) is 19.5 Å². The molecule has 0 aliphatic heterocycles. The fourth-order valence-electron chi connectivity index (χ4n) is 1.03. The van der Waals surface area contributed by atoms with E-state index in [1.54, 1.807) is 0 Å². The van der Waals surface area contributed by atoms with Crippen molar-refractivity contribution in [3.05, 3.63) is 47.6 Å². The zero-order valence-electron chi connectivity index (χ0n) is 8.43. The fourth-order valence-corrected chi connectivity index (χ4v) is 1.03. The van der Waals surface area contributed by atoms with Crippen molar-refractivity contribution >= 4 is 0 Å². The molecule has 0 aromatic rings. The van der Waals surface area contributed by atoms with Crippen LogP contribution in [0.15, 0.2) is 35.5 Å². The molecule has 0 aromatic carbocycles. The Morgan fingerprint density at radius 1 is 0.923 bits per heavy atom. The summed E-state index contributed by atoms with van der Waals surface area (Å²) in [5, 5.41) is 0. The Bertz CT molecular complexity index is 221. The molecule has 0 radical (unpaired) electrons. The van der Waals surface area contributed by atoms with Gasteiger partial charge in [0.05, 0.1) is 0 Å². The Morgan fingerprint density at radius 3 is 1.38 bits per heavy atom. The largest absolute Gasteiger partial charge is 2.00 e. The second kappa shape index (κ2) is 7.03. The molecule has 0 spiro atoms. The van der Waals surface area contributed by atoms with Crippen molar-refractivity contribution < 1.29 is 19.5 Å². The fraction of sp³-hybridized carbons (Fsp3) is 0.333. The minimum Gasteiger partial charge on any atom is -0.270 e. The van der Waals surface area contributed by atoms with Crippen LogP contribution in [-0.2, 0) is 19.5 Å². The van der Waals surface area contributed by atoms with Gasteiger partial charge < -0.3 is 0 Å². The summed E-state index contributed by atoms with van der Waals surface area (Å²) in [7, 11) is 0. The Hall–Kier alpha value is -0.417. The van der Waals surface area contributed by atoms with Crippen LogP contribution in [0.5, 0.6) is 0 Å². The van der Waals surface area contributed by atoms with E-state index in [2.05, 4.69) is 50.3 Å². The minimum absolute atomic E-state index is 0. The quantitative estimate of drug-likeness (QED) is 0.436. The van der Waals surface area contributed by atoms with Crippen molar-refractivity contribution in [1.29, 1.82) is 0 Å². The Labute approximate surface area is 93.9 Å². The molecule has 0 saturated carbocycles. The van der Waals surface area contributed by atoms with Crippen LogP contribution in [0.4, 0.5) is 0 Å². The molecule has 0 unspecified atom stereocenters. The number of hydrogen-bond acceptors (Lipinski definition) is 0. The molecular formula is C12H14Zn. The molecule has 0 fully saturated rings. The molecule has 2 aliphatic rings. The van der Waals surface area contributed by atoms with E-state index in [0.29, 0.717) is 0 Å². The van der Waals surface area contributed by atoms with Gasteiger partial charge in [0, 0.05) is 0 Å². The van der Waals surface area contributed by atoms with Crippen LogP contribution >= 0.6 is 0 Å². The third-order valence-electron chi connectivity index (χ3n) is 1.73. The van der Waals surface area contributed by atoms with E-state index in [9.17, 15) is 0 Å². The summed E-state index contributed by atoms with van der Waals surface area (Å²) in [6.07, 6.45) is 16.7. The van der Waals surface area contributed by atoms with Gasteiger partial charge in [-0.2, -0.15) is 12.2 Å². The van der Waals surface area contributed by atoms with Crippen molar-refractivity contribution in [2.24, 2.45) is 0 Å². The first-order chi connectivity index (χ1) is 5.79. The van der Waals surface area contributed by atoms with Crippen LogP contribution in [-0.4, -0.2) is 0 Å². The normalized spacial score (nSPS) is 17.1. The molecule has 0 N–H and O–H groups in total. The molecule has 13 heavy (non-hydrogen) atoms. The molecule has 0 heterocycles. The standard InChI is InChI=1S/2C6H7.Zn/c2*1-6-4-2-3-5-6;/h2*2,4H,3H2,1H3;/q2*-1;+2. The van der Waals surface area contributed by atoms with Gasteiger partial charge in [-0.15, -0.1) is 12.8 Å². The summed E-state index contributed by atoms with van der Waals surface area (Å²) in [4.78, 5) is 0. The first-order valence-corrected chi connectivity index (χ1v) is 4.27. The van der Waals surface area contributed by atoms with Crippen molar-refractivity contribution in [3.63, 3.8) is 0 Å². The van der Waals surface area contributed by atoms with E-state index < -0.39 is 0 Å². The molecule has 1 heteroatoms. The summed E-state index contributed by atoms with van der Waals surface area (Å²) >= 11 is 0. The molecule has 0 amide bonds. The Morgan fingerprint density at radius 2 is 1.31 bits per heavy atom. The maximum Gasteiger partial charge on any atom is 2.00 e. The molecule has 2 rings (SSSR count). The molecule has 0 nitrogen and oxygen atoms in total. The Kier molecular flexibility index (Phi) is 6.81. The zero-order valence-corrected chi connectivity index (χ0v) is 11.4. The SMILES string of the molecule is CC1=[C-]CC=C1.CC1=[C-]CC=C1.[Zn+2]. The van der Waals surface area contributed by atoms with Crippen LogP contribution in [0.3, 0.4) is 0 Å². The Balaban J connectivity index is 0.000000206. The predicted molar refractivity (Wildman–Crippen MR) is 52.4 cm³/mol. The molecule has 2 aliphatic carbocycles. The van der Waals surface area contributed by atoms with E-state index in [4.69, 9.17) is 0 Å². The van der Waals surface area contributed by atoms with Crippen molar-refractivity contribution in [3.8, 4) is 0 Å². The van der Waals surface area contributed by atoms with Gasteiger partial charge in [-0.25, -0.2) is 23.3 Å². The smallest absolute Gasteiger partial charge is 0.270 e. The topological polar surface area (TPSA) is 0 Å². The summed E-state index contributed by atoms with van der Waals surface area (Å²) in [6.45, 7) is 4.12. The summed E-state index contributed by atoms with van der Waals surface area (Å²) in [5.41, 5.74) is 2.55. The van der Waals surface area contributed by atoms with Crippen LogP contribution in [0.2, 0.25) is 0 Å².